The number of rotatable bonds is 8. The van der Waals surface area contributed by atoms with E-state index in [4.69, 9.17) is 10.6 Å². The lowest BCUT2D eigenvalue weighted by Gasteiger charge is -2.03. The van der Waals surface area contributed by atoms with Crippen LogP contribution in [0.3, 0.4) is 0 Å². The Morgan fingerprint density at radius 2 is 1.94 bits per heavy atom. The molecule has 0 fully saturated rings. The Labute approximate surface area is 108 Å². The molecule has 0 saturated heterocycles. The highest BCUT2D eigenvalue weighted by atomic mass is 16.6. The number of carbonyl (C=O) groups is 1. The second-order valence-electron chi connectivity index (χ2n) is 4.06. The molecule has 0 bridgehead atoms. The van der Waals surface area contributed by atoms with Gasteiger partial charge in [0.05, 0.1) is 0 Å². The fourth-order valence-corrected chi connectivity index (χ4v) is 1.54. The summed E-state index contributed by atoms with van der Waals surface area (Å²) in [5.74, 6) is -0.574. The molecule has 0 radical (unpaired) electrons. The van der Waals surface area contributed by atoms with Crippen molar-refractivity contribution in [1.29, 1.82) is 0 Å². The van der Waals surface area contributed by atoms with Gasteiger partial charge < -0.3 is 10.6 Å². The molecule has 2 N–H and O–H groups in total. The van der Waals surface area contributed by atoms with Crippen molar-refractivity contribution in [2.75, 3.05) is 6.61 Å². The van der Waals surface area contributed by atoms with Crippen LogP contribution in [0.5, 0.6) is 0 Å². The summed E-state index contributed by atoms with van der Waals surface area (Å²) in [6, 6.07) is 9.09. The van der Waals surface area contributed by atoms with Crippen LogP contribution in [0, 0.1) is 0 Å². The zero-order valence-electron chi connectivity index (χ0n) is 10.8. The highest BCUT2D eigenvalue weighted by molar-refractivity contribution is 6.44. The maximum absolute atomic E-state index is 11.3. The molecule has 0 saturated carbocycles. The third-order valence-corrected chi connectivity index (χ3v) is 2.53. The number of hydrogen-bond donors (Lipinski definition) is 1. The van der Waals surface area contributed by atoms with Crippen molar-refractivity contribution in [3.8, 4) is 0 Å². The van der Waals surface area contributed by atoms with E-state index in [2.05, 4.69) is 12.1 Å². The molecule has 0 aliphatic rings. The molecule has 1 rings (SSSR count). The number of nitrogens with zero attached hydrogens (tertiary/aromatic N) is 1. The number of hydrogen-bond acceptors (Lipinski definition) is 3. The predicted molar refractivity (Wildman–Crippen MR) is 72.3 cm³/mol. The lowest BCUT2D eigenvalue weighted by molar-refractivity contribution is -0.112. The average Bonchev–Trinajstić information content (AvgIpc) is 2.38. The van der Waals surface area contributed by atoms with Crippen LogP contribution >= 0.6 is 0 Å². The van der Waals surface area contributed by atoms with Crippen molar-refractivity contribution in [1.82, 2.24) is 0 Å². The van der Waals surface area contributed by atoms with Gasteiger partial charge in [-0.3, -0.25) is 4.79 Å². The topological polar surface area (TPSA) is 64.7 Å². The van der Waals surface area contributed by atoms with Crippen molar-refractivity contribution < 1.29 is 9.63 Å². The quantitative estimate of drug-likeness (QED) is 0.436. The first kappa shape index (κ1) is 14.2. The molecule has 1 aromatic carbocycles. The van der Waals surface area contributed by atoms with Crippen molar-refractivity contribution in [3.05, 3.63) is 35.9 Å². The molecule has 4 nitrogen and oxygen atoms in total. The highest BCUT2D eigenvalue weighted by Gasteiger charge is 2.10. The van der Waals surface area contributed by atoms with Gasteiger partial charge in [0.25, 0.3) is 5.91 Å². The number of unbranched alkanes of at least 4 members (excludes halogenated alkanes) is 3. The first-order valence-corrected chi connectivity index (χ1v) is 6.31. The van der Waals surface area contributed by atoms with E-state index in [-0.39, 0.29) is 5.71 Å². The lowest BCUT2D eigenvalue weighted by Crippen LogP contribution is -2.24. The summed E-state index contributed by atoms with van der Waals surface area (Å²) < 4.78 is 0. The molecule has 0 aliphatic carbocycles. The maximum atomic E-state index is 11.3. The van der Waals surface area contributed by atoms with E-state index in [0.29, 0.717) is 12.2 Å². The number of primary amides is 1. The van der Waals surface area contributed by atoms with Gasteiger partial charge in [-0.15, -0.1) is 0 Å². The van der Waals surface area contributed by atoms with Crippen LogP contribution in [-0.2, 0) is 9.63 Å². The van der Waals surface area contributed by atoms with Gasteiger partial charge in [0.1, 0.15) is 6.61 Å². The lowest BCUT2D eigenvalue weighted by atomic mass is 10.1. The van der Waals surface area contributed by atoms with Crippen LogP contribution in [0.2, 0.25) is 0 Å². The number of nitrogens with two attached hydrogens (primary N) is 1. The number of oxime groups is 1. The molecule has 0 aromatic heterocycles. The highest BCUT2D eigenvalue weighted by Crippen LogP contribution is 2.03. The van der Waals surface area contributed by atoms with Crippen molar-refractivity contribution in [2.24, 2.45) is 10.9 Å². The molecule has 0 spiro atoms. The summed E-state index contributed by atoms with van der Waals surface area (Å²) in [4.78, 5) is 16.4. The standard InChI is InChI=1S/C14H20N2O2/c1-2-3-4-8-11-18-16-13(14(15)17)12-9-6-5-7-10-12/h5-7,9-10H,2-4,8,11H2,1H3,(H2,15,17). The predicted octanol–water partition coefficient (Wildman–Crippen LogP) is 2.47. The Morgan fingerprint density at radius 3 is 2.56 bits per heavy atom. The van der Waals surface area contributed by atoms with E-state index in [1.807, 2.05) is 18.2 Å². The van der Waals surface area contributed by atoms with Gasteiger partial charge in [0, 0.05) is 5.56 Å². The SMILES string of the molecule is CCCCCCON=C(C(N)=O)c1ccccc1. The van der Waals surface area contributed by atoms with Crippen LogP contribution in [0.25, 0.3) is 0 Å². The molecule has 4 heteroatoms. The third-order valence-electron chi connectivity index (χ3n) is 2.53. The largest absolute Gasteiger partial charge is 0.395 e. The Balaban J connectivity index is 2.50. The summed E-state index contributed by atoms with van der Waals surface area (Å²) in [5, 5.41) is 3.83. The van der Waals surface area contributed by atoms with E-state index < -0.39 is 5.91 Å². The molecule has 0 aliphatic heterocycles. The monoisotopic (exact) mass is 248 g/mol. The van der Waals surface area contributed by atoms with Crippen molar-refractivity contribution in [2.45, 2.75) is 32.6 Å². The van der Waals surface area contributed by atoms with Crippen molar-refractivity contribution in [3.63, 3.8) is 0 Å². The fourth-order valence-electron chi connectivity index (χ4n) is 1.54. The molecule has 1 aromatic rings. The Kier molecular flexibility index (Phi) is 6.54. The fraction of sp³-hybridized carbons (Fsp3) is 0.429. The van der Waals surface area contributed by atoms with E-state index in [1.54, 1.807) is 12.1 Å². The van der Waals surface area contributed by atoms with Gasteiger partial charge in [0.2, 0.25) is 0 Å². The summed E-state index contributed by atoms with van der Waals surface area (Å²) in [6.07, 6.45) is 4.43. The van der Waals surface area contributed by atoms with Gasteiger partial charge in [-0.05, 0) is 12.8 Å². The average molecular weight is 248 g/mol. The minimum absolute atomic E-state index is 0.172. The summed E-state index contributed by atoms with van der Waals surface area (Å²) in [5.41, 5.74) is 6.13. The van der Waals surface area contributed by atoms with Gasteiger partial charge >= 0.3 is 0 Å². The first-order chi connectivity index (χ1) is 8.75. The molecule has 18 heavy (non-hydrogen) atoms. The van der Waals surface area contributed by atoms with Crippen molar-refractivity contribution >= 4 is 11.6 Å². The number of carbonyl (C=O) groups excluding carboxylic acids is 1. The second kappa shape index (κ2) is 8.28. The Bertz CT molecular complexity index is 388. The van der Waals surface area contributed by atoms with Crippen LogP contribution in [0.4, 0.5) is 0 Å². The second-order valence-corrected chi connectivity index (χ2v) is 4.06. The summed E-state index contributed by atoms with van der Waals surface area (Å²) in [7, 11) is 0. The zero-order chi connectivity index (χ0) is 13.2. The van der Waals surface area contributed by atoms with Crippen LogP contribution < -0.4 is 5.73 Å². The maximum Gasteiger partial charge on any atom is 0.271 e. The Morgan fingerprint density at radius 1 is 1.22 bits per heavy atom. The van der Waals surface area contributed by atoms with E-state index in [1.165, 1.54) is 12.8 Å². The van der Waals surface area contributed by atoms with Gasteiger partial charge in [-0.25, -0.2) is 0 Å². The minimum Gasteiger partial charge on any atom is -0.395 e. The molecular formula is C14H20N2O2. The minimum atomic E-state index is -0.574. The van der Waals surface area contributed by atoms with E-state index in [9.17, 15) is 4.79 Å². The van der Waals surface area contributed by atoms with Gasteiger partial charge in [-0.2, -0.15) is 0 Å². The molecular weight excluding hydrogens is 228 g/mol. The van der Waals surface area contributed by atoms with Gasteiger partial charge in [0.15, 0.2) is 5.71 Å². The number of amides is 1. The van der Waals surface area contributed by atoms with E-state index >= 15 is 0 Å². The molecule has 0 atom stereocenters. The normalized spacial score (nSPS) is 11.3. The number of benzene rings is 1. The van der Waals surface area contributed by atoms with Gasteiger partial charge in [-0.1, -0.05) is 55.3 Å². The Hall–Kier alpha value is -1.84. The van der Waals surface area contributed by atoms with Crippen LogP contribution in [-0.4, -0.2) is 18.2 Å². The third kappa shape index (κ3) is 4.99. The van der Waals surface area contributed by atoms with Crippen LogP contribution in [0.15, 0.2) is 35.5 Å². The first-order valence-electron chi connectivity index (χ1n) is 6.31. The molecule has 0 heterocycles. The van der Waals surface area contributed by atoms with E-state index in [0.717, 1.165) is 12.8 Å². The zero-order valence-corrected chi connectivity index (χ0v) is 10.8. The molecule has 98 valence electrons. The molecule has 0 unspecified atom stereocenters. The molecule has 1 amide bonds. The summed E-state index contributed by atoms with van der Waals surface area (Å²) >= 11 is 0. The smallest absolute Gasteiger partial charge is 0.271 e. The summed E-state index contributed by atoms with van der Waals surface area (Å²) in [6.45, 7) is 2.67. The van der Waals surface area contributed by atoms with Crippen LogP contribution in [0.1, 0.15) is 38.2 Å².